The Kier molecular flexibility index (Phi) is 3.84. The van der Waals surface area contributed by atoms with Crippen molar-refractivity contribution in [2.45, 2.75) is 38.5 Å². The van der Waals surface area contributed by atoms with Crippen LogP contribution in [-0.2, 0) is 11.3 Å². The molecule has 0 amide bonds. The molecule has 6 nitrogen and oxygen atoms in total. The number of rotatable bonds is 5. The summed E-state index contributed by atoms with van der Waals surface area (Å²) in [7, 11) is 0. The number of nitrogens with one attached hydrogen (secondary N) is 1. The molecular formula is C14H20N4O2. The molecule has 0 saturated carbocycles. The zero-order valence-corrected chi connectivity index (χ0v) is 11.7. The summed E-state index contributed by atoms with van der Waals surface area (Å²) < 4.78 is 8.96. The van der Waals surface area contributed by atoms with Gasteiger partial charge in [0, 0.05) is 38.1 Å². The molecule has 1 N–H and O–H groups in total. The molecule has 1 aliphatic heterocycles. The molecule has 3 rings (SSSR count). The lowest BCUT2D eigenvalue weighted by Crippen LogP contribution is -2.39. The zero-order valence-electron chi connectivity index (χ0n) is 11.7. The second kappa shape index (κ2) is 5.76. The third-order valence-electron chi connectivity index (χ3n) is 3.88. The van der Waals surface area contributed by atoms with Crippen molar-refractivity contribution in [1.29, 1.82) is 0 Å². The lowest BCUT2D eigenvalue weighted by molar-refractivity contribution is 0.0835. The lowest BCUT2D eigenvalue weighted by Gasteiger charge is -2.20. The van der Waals surface area contributed by atoms with Crippen LogP contribution in [0.2, 0.25) is 0 Å². The van der Waals surface area contributed by atoms with Gasteiger partial charge in [0.05, 0.1) is 12.3 Å². The first-order valence-electron chi connectivity index (χ1n) is 7.13. The van der Waals surface area contributed by atoms with Crippen LogP contribution in [0.3, 0.4) is 0 Å². The van der Waals surface area contributed by atoms with E-state index in [9.17, 15) is 4.79 Å². The van der Waals surface area contributed by atoms with Gasteiger partial charge in [-0.15, -0.1) is 0 Å². The van der Waals surface area contributed by atoms with Crippen molar-refractivity contribution in [2.24, 2.45) is 0 Å². The van der Waals surface area contributed by atoms with Crippen molar-refractivity contribution in [2.75, 3.05) is 13.2 Å². The molecule has 2 unspecified atom stereocenters. The molecule has 2 aromatic heterocycles. The standard InChI is InChI=1S/C14H20N4O2/c1-11(13-3-2-10-20-13)15-6-7-17-8-9-18-12(14(17)19)4-5-16-18/h4-5,8-9,11,13,15H,2-3,6-7,10H2,1H3. The van der Waals surface area contributed by atoms with E-state index in [0.29, 0.717) is 24.2 Å². The molecule has 0 radical (unpaired) electrons. The van der Waals surface area contributed by atoms with Crippen LogP contribution in [0.25, 0.3) is 5.52 Å². The van der Waals surface area contributed by atoms with Crippen molar-refractivity contribution < 1.29 is 4.74 Å². The van der Waals surface area contributed by atoms with Crippen molar-refractivity contribution >= 4 is 5.52 Å². The maximum atomic E-state index is 12.2. The van der Waals surface area contributed by atoms with Crippen molar-refractivity contribution in [3.05, 3.63) is 35.0 Å². The summed E-state index contributed by atoms with van der Waals surface area (Å²) in [6.45, 7) is 4.41. The average molecular weight is 276 g/mol. The second-order valence-electron chi connectivity index (χ2n) is 5.25. The van der Waals surface area contributed by atoms with Gasteiger partial charge >= 0.3 is 0 Å². The number of fused-ring (bicyclic) bond motifs is 1. The Morgan fingerprint density at radius 3 is 3.25 bits per heavy atom. The zero-order chi connectivity index (χ0) is 13.9. The summed E-state index contributed by atoms with van der Waals surface area (Å²) in [5.74, 6) is 0. The van der Waals surface area contributed by atoms with Crippen LogP contribution in [-0.4, -0.2) is 39.5 Å². The van der Waals surface area contributed by atoms with Gasteiger partial charge < -0.3 is 14.6 Å². The van der Waals surface area contributed by atoms with Crippen LogP contribution in [0.15, 0.2) is 29.5 Å². The van der Waals surface area contributed by atoms with E-state index in [2.05, 4.69) is 17.3 Å². The van der Waals surface area contributed by atoms with Crippen LogP contribution in [0.1, 0.15) is 19.8 Å². The molecule has 3 heterocycles. The van der Waals surface area contributed by atoms with Crippen molar-refractivity contribution in [1.82, 2.24) is 19.5 Å². The topological polar surface area (TPSA) is 60.6 Å². The molecule has 0 spiro atoms. The summed E-state index contributed by atoms with van der Waals surface area (Å²) in [6, 6.07) is 2.06. The molecule has 0 aliphatic carbocycles. The second-order valence-corrected chi connectivity index (χ2v) is 5.25. The molecule has 1 fully saturated rings. The van der Waals surface area contributed by atoms with Crippen LogP contribution >= 0.6 is 0 Å². The number of hydrogen-bond donors (Lipinski definition) is 1. The van der Waals surface area contributed by atoms with E-state index < -0.39 is 0 Å². The third-order valence-corrected chi connectivity index (χ3v) is 3.88. The largest absolute Gasteiger partial charge is 0.377 e. The molecule has 1 saturated heterocycles. The molecule has 6 heteroatoms. The fourth-order valence-corrected chi connectivity index (χ4v) is 2.68. The lowest BCUT2D eigenvalue weighted by atomic mass is 10.1. The Morgan fingerprint density at radius 1 is 1.55 bits per heavy atom. The summed E-state index contributed by atoms with van der Waals surface area (Å²) in [4.78, 5) is 12.2. The highest BCUT2D eigenvalue weighted by Crippen LogP contribution is 2.15. The summed E-state index contributed by atoms with van der Waals surface area (Å²) in [5, 5.41) is 7.49. The fraction of sp³-hybridized carbons (Fsp3) is 0.571. The predicted octanol–water partition coefficient (Wildman–Crippen LogP) is 0.653. The minimum absolute atomic E-state index is 0.00318. The highest BCUT2D eigenvalue weighted by atomic mass is 16.5. The van der Waals surface area contributed by atoms with Gasteiger partial charge in [-0.3, -0.25) is 4.79 Å². The SMILES string of the molecule is CC(NCCn1ccn2nccc2c1=O)C1CCCO1. The van der Waals surface area contributed by atoms with E-state index in [4.69, 9.17) is 4.74 Å². The Balaban J connectivity index is 1.59. The molecule has 2 atom stereocenters. The number of aromatic nitrogens is 3. The van der Waals surface area contributed by atoms with E-state index >= 15 is 0 Å². The van der Waals surface area contributed by atoms with Gasteiger partial charge in [-0.2, -0.15) is 5.10 Å². The minimum atomic E-state index is -0.00318. The van der Waals surface area contributed by atoms with E-state index in [0.717, 1.165) is 26.0 Å². The number of hydrogen-bond acceptors (Lipinski definition) is 4. The fourth-order valence-electron chi connectivity index (χ4n) is 2.68. The van der Waals surface area contributed by atoms with E-state index in [-0.39, 0.29) is 5.56 Å². The van der Waals surface area contributed by atoms with Crippen LogP contribution < -0.4 is 10.9 Å². The summed E-state index contributed by atoms with van der Waals surface area (Å²) in [5.41, 5.74) is 0.608. The smallest absolute Gasteiger partial charge is 0.276 e. The quantitative estimate of drug-likeness (QED) is 0.871. The molecule has 1 aliphatic rings. The van der Waals surface area contributed by atoms with Gasteiger partial charge in [0.2, 0.25) is 0 Å². The first kappa shape index (κ1) is 13.3. The van der Waals surface area contributed by atoms with Crippen molar-refractivity contribution in [3.63, 3.8) is 0 Å². The highest BCUT2D eigenvalue weighted by molar-refractivity contribution is 5.42. The van der Waals surface area contributed by atoms with Crippen LogP contribution in [0, 0.1) is 0 Å². The van der Waals surface area contributed by atoms with Crippen LogP contribution in [0.5, 0.6) is 0 Å². The van der Waals surface area contributed by atoms with E-state index in [1.54, 1.807) is 33.7 Å². The van der Waals surface area contributed by atoms with Gasteiger partial charge in [0.25, 0.3) is 5.56 Å². The maximum absolute atomic E-state index is 12.2. The average Bonchev–Trinajstić information content (AvgIpc) is 3.11. The van der Waals surface area contributed by atoms with E-state index in [1.807, 2.05) is 0 Å². The van der Waals surface area contributed by atoms with Crippen LogP contribution in [0.4, 0.5) is 0 Å². The Morgan fingerprint density at radius 2 is 2.45 bits per heavy atom. The van der Waals surface area contributed by atoms with Gasteiger partial charge in [0.15, 0.2) is 0 Å². The van der Waals surface area contributed by atoms with Gasteiger partial charge in [-0.05, 0) is 25.8 Å². The molecule has 20 heavy (non-hydrogen) atoms. The third kappa shape index (κ3) is 2.62. The highest BCUT2D eigenvalue weighted by Gasteiger charge is 2.21. The summed E-state index contributed by atoms with van der Waals surface area (Å²) in [6.07, 6.45) is 7.80. The molecule has 0 aromatic carbocycles. The molecule has 0 bridgehead atoms. The summed E-state index contributed by atoms with van der Waals surface area (Å²) >= 11 is 0. The molecule has 2 aromatic rings. The van der Waals surface area contributed by atoms with Gasteiger partial charge in [-0.25, -0.2) is 4.52 Å². The maximum Gasteiger partial charge on any atom is 0.276 e. The first-order valence-corrected chi connectivity index (χ1v) is 7.13. The molecule has 108 valence electrons. The number of nitrogens with zero attached hydrogens (tertiary/aromatic N) is 3. The Labute approximate surface area is 117 Å². The Hall–Kier alpha value is -1.66. The van der Waals surface area contributed by atoms with Gasteiger partial charge in [-0.1, -0.05) is 0 Å². The molecular weight excluding hydrogens is 256 g/mol. The Bertz CT molecular complexity index is 627. The number of ether oxygens (including phenoxy) is 1. The van der Waals surface area contributed by atoms with Crippen molar-refractivity contribution in [3.8, 4) is 0 Å². The minimum Gasteiger partial charge on any atom is -0.377 e. The predicted molar refractivity (Wildman–Crippen MR) is 75.9 cm³/mol. The normalized spacial score (nSPS) is 20.6. The monoisotopic (exact) mass is 276 g/mol. The van der Waals surface area contributed by atoms with Gasteiger partial charge in [0.1, 0.15) is 5.52 Å². The van der Waals surface area contributed by atoms with E-state index in [1.165, 1.54) is 0 Å². The first-order chi connectivity index (χ1) is 9.75.